The number of rotatable bonds is 1. The minimum Gasteiger partial charge on any atom is -0.369 e. The lowest BCUT2D eigenvalue weighted by atomic mass is 9.84. The molecule has 0 fully saturated rings. The fraction of sp³-hybridized carbons (Fsp3) is 0.750. The molecule has 1 aromatic rings. The van der Waals surface area contributed by atoms with Gasteiger partial charge >= 0.3 is 0 Å². The minimum atomic E-state index is 0.257. The Bertz CT molecular complexity index is 390. The summed E-state index contributed by atoms with van der Waals surface area (Å²) >= 11 is 3.65. The van der Waals surface area contributed by atoms with Crippen molar-refractivity contribution in [2.75, 3.05) is 11.9 Å². The van der Waals surface area contributed by atoms with Gasteiger partial charge in [-0.3, -0.25) is 0 Å². The van der Waals surface area contributed by atoms with Crippen molar-refractivity contribution in [3.8, 4) is 0 Å². The molecule has 0 amide bonds. The highest BCUT2D eigenvalue weighted by atomic mass is 79.9. The minimum absolute atomic E-state index is 0.257. The van der Waals surface area contributed by atoms with E-state index in [2.05, 4.69) is 53.6 Å². The van der Waals surface area contributed by atoms with Gasteiger partial charge in [0, 0.05) is 6.54 Å². The number of aromatic nitrogens is 2. The average Bonchev–Trinajstić information content (AvgIpc) is 2.54. The van der Waals surface area contributed by atoms with E-state index in [0.29, 0.717) is 6.04 Å². The molecule has 0 spiro atoms. The molecule has 0 radical (unpaired) electrons. The third-order valence-electron chi connectivity index (χ3n) is 3.26. The van der Waals surface area contributed by atoms with Gasteiger partial charge in [0.05, 0.1) is 16.2 Å². The summed E-state index contributed by atoms with van der Waals surface area (Å²) in [5.74, 6) is 1.16. The largest absolute Gasteiger partial charge is 0.369 e. The second-order valence-electron chi connectivity index (χ2n) is 5.50. The number of fused-ring (bicyclic) bond motifs is 1. The number of nitrogens with zero attached hydrogens (tertiary/aromatic N) is 2. The van der Waals surface area contributed by atoms with Gasteiger partial charge in [0.1, 0.15) is 5.82 Å². The van der Waals surface area contributed by atoms with E-state index in [4.69, 9.17) is 5.10 Å². The summed E-state index contributed by atoms with van der Waals surface area (Å²) in [5, 5.41) is 8.17. The molecule has 1 aromatic heterocycles. The number of hydrogen-bond donors (Lipinski definition) is 1. The van der Waals surface area contributed by atoms with Gasteiger partial charge in [-0.05, 0) is 34.2 Å². The topological polar surface area (TPSA) is 29.9 Å². The van der Waals surface area contributed by atoms with E-state index in [1.807, 2.05) is 0 Å². The maximum Gasteiger partial charge on any atom is 0.139 e. The molecular weight excluding hydrogens is 266 g/mol. The molecule has 0 saturated carbocycles. The molecule has 1 N–H and O–H groups in total. The normalized spacial score (nSPS) is 20.4. The van der Waals surface area contributed by atoms with Crippen molar-refractivity contribution in [2.24, 2.45) is 5.41 Å². The fourth-order valence-corrected chi connectivity index (χ4v) is 3.00. The van der Waals surface area contributed by atoms with E-state index < -0.39 is 0 Å². The van der Waals surface area contributed by atoms with Crippen molar-refractivity contribution in [1.82, 2.24) is 9.78 Å². The molecule has 0 aromatic carbocycles. The number of hydrogen-bond acceptors (Lipinski definition) is 2. The van der Waals surface area contributed by atoms with Gasteiger partial charge in [-0.2, -0.15) is 5.10 Å². The lowest BCUT2D eigenvalue weighted by Gasteiger charge is -2.35. The van der Waals surface area contributed by atoms with Crippen molar-refractivity contribution >= 4 is 21.7 Å². The monoisotopic (exact) mass is 285 g/mol. The maximum atomic E-state index is 4.72. The Balaban J connectivity index is 2.47. The summed E-state index contributed by atoms with van der Waals surface area (Å²) < 4.78 is 3.32. The van der Waals surface area contributed by atoms with E-state index in [0.717, 1.165) is 35.4 Å². The lowest BCUT2D eigenvalue weighted by molar-refractivity contribution is 0.209. The van der Waals surface area contributed by atoms with E-state index >= 15 is 0 Å². The highest BCUT2D eigenvalue weighted by Gasteiger charge is 2.32. The van der Waals surface area contributed by atoms with Gasteiger partial charge in [0.2, 0.25) is 0 Å². The molecule has 3 nitrogen and oxygen atoms in total. The molecule has 1 aliphatic rings. The summed E-state index contributed by atoms with van der Waals surface area (Å²) in [6, 6.07) is 0.486. The Hall–Kier alpha value is -0.510. The molecule has 1 atom stereocenters. The Morgan fingerprint density at radius 1 is 1.50 bits per heavy atom. The van der Waals surface area contributed by atoms with Crippen LogP contribution in [-0.4, -0.2) is 16.3 Å². The van der Waals surface area contributed by atoms with Gasteiger partial charge in [-0.1, -0.05) is 27.7 Å². The smallest absolute Gasteiger partial charge is 0.139 e. The van der Waals surface area contributed by atoms with Crippen LogP contribution in [0.25, 0.3) is 0 Å². The van der Waals surface area contributed by atoms with Crippen LogP contribution in [0.5, 0.6) is 0 Å². The molecule has 2 rings (SSSR count). The van der Waals surface area contributed by atoms with Gasteiger partial charge in [-0.25, -0.2) is 4.68 Å². The number of nitrogens with one attached hydrogen (secondary N) is 1. The van der Waals surface area contributed by atoms with E-state index in [1.165, 1.54) is 0 Å². The van der Waals surface area contributed by atoms with Crippen LogP contribution in [-0.2, 0) is 6.42 Å². The van der Waals surface area contributed by atoms with Crippen LogP contribution in [0.4, 0.5) is 5.82 Å². The predicted molar refractivity (Wildman–Crippen MR) is 70.9 cm³/mol. The van der Waals surface area contributed by atoms with Gasteiger partial charge in [-0.15, -0.1) is 0 Å². The highest BCUT2D eigenvalue weighted by Crippen LogP contribution is 2.41. The highest BCUT2D eigenvalue weighted by molar-refractivity contribution is 9.10. The first kappa shape index (κ1) is 12.0. The van der Waals surface area contributed by atoms with Crippen LogP contribution in [0.3, 0.4) is 0 Å². The van der Waals surface area contributed by atoms with Gasteiger partial charge < -0.3 is 5.32 Å². The Labute approximate surface area is 106 Å². The van der Waals surface area contributed by atoms with Crippen molar-refractivity contribution in [3.05, 3.63) is 10.2 Å². The number of anilines is 1. The van der Waals surface area contributed by atoms with Crippen LogP contribution >= 0.6 is 15.9 Å². The first-order valence-corrected chi connectivity index (χ1v) is 6.75. The van der Waals surface area contributed by atoms with E-state index in [-0.39, 0.29) is 5.41 Å². The summed E-state index contributed by atoms with van der Waals surface area (Å²) in [4.78, 5) is 0. The molecule has 16 heavy (non-hydrogen) atoms. The van der Waals surface area contributed by atoms with E-state index in [1.54, 1.807) is 0 Å². The van der Waals surface area contributed by atoms with Crippen LogP contribution in [0.2, 0.25) is 0 Å². The Kier molecular flexibility index (Phi) is 3.03. The van der Waals surface area contributed by atoms with Gasteiger partial charge in [0.15, 0.2) is 0 Å². The zero-order valence-corrected chi connectivity index (χ0v) is 12.1. The van der Waals surface area contributed by atoms with Crippen molar-refractivity contribution in [1.29, 1.82) is 0 Å². The number of halogens is 1. The zero-order chi connectivity index (χ0) is 11.9. The molecule has 2 heterocycles. The summed E-state index contributed by atoms with van der Waals surface area (Å²) in [6.07, 6.45) is 2.12. The fourth-order valence-electron chi connectivity index (χ4n) is 2.32. The molecular formula is C12H20BrN3. The van der Waals surface area contributed by atoms with Crippen LogP contribution in [0, 0.1) is 5.41 Å². The molecule has 0 saturated heterocycles. The van der Waals surface area contributed by atoms with Crippen molar-refractivity contribution in [3.63, 3.8) is 0 Å². The summed E-state index contributed by atoms with van der Waals surface area (Å²) in [6.45, 7) is 10.0. The lowest BCUT2D eigenvalue weighted by Crippen LogP contribution is -2.32. The zero-order valence-electron chi connectivity index (χ0n) is 10.5. The van der Waals surface area contributed by atoms with Crippen LogP contribution < -0.4 is 5.32 Å². The third kappa shape index (κ3) is 1.88. The van der Waals surface area contributed by atoms with Crippen molar-refractivity contribution in [2.45, 2.75) is 46.6 Å². The standard InChI is InChI=1S/C12H20BrN3/c1-5-8-10(13)11-14-7-6-9(12(2,3)4)16(11)15-8/h9,14H,5-7H2,1-4H3. The SMILES string of the molecule is CCc1nn2c(c1Br)NCCC2C(C)(C)C. The second kappa shape index (κ2) is 4.06. The molecule has 1 aliphatic heterocycles. The van der Waals surface area contributed by atoms with Crippen LogP contribution in [0.1, 0.15) is 45.9 Å². The molecule has 90 valence electrons. The Morgan fingerprint density at radius 2 is 2.19 bits per heavy atom. The molecule has 1 unspecified atom stereocenters. The molecule has 0 aliphatic carbocycles. The van der Waals surface area contributed by atoms with E-state index in [9.17, 15) is 0 Å². The average molecular weight is 286 g/mol. The summed E-state index contributed by atoms with van der Waals surface area (Å²) in [5.41, 5.74) is 1.41. The quantitative estimate of drug-likeness (QED) is 0.854. The van der Waals surface area contributed by atoms with Gasteiger partial charge in [0.25, 0.3) is 0 Å². The second-order valence-corrected chi connectivity index (χ2v) is 6.30. The first-order chi connectivity index (χ1) is 7.45. The van der Waals surface area contributed by atoms with Crippen molar-refractivity contribution < 1.29 is 0 Å². The summed E-state index contributed by atoms with van der Waals surface area (Å²) in [7, 11) is 0. The molecule has 4 heteroatoms. The Morgan fingerprint density at radius 3 is 2.75 bits per heavy atom. The van der Waals surface area contributed by atoms with Crippen LogP contribution in [0.15, 0.2) is 4.47 Å². The predicted octanol–water partition coefficient (Wildman–Crippen LogP) is 3.61. The third-order valence-corrected chi connectivity index (χ3v) is 4.09. The number of aryl methyl sites for hydroxylation is 1. The first-order valence-electron chi connectivity index (χ1n) is 5.96. The molecule has 0 bridgehead atoms. The maximum absolute atomic E-state index is 4.72.